The van der Waals surface area contributed by atoms with Crippen LogP contribution in [-0.2, 0) is 18.4 Å². The summed E-state index contributed by atoms with van der Waals surface area (Å²) in [6, 6.07) is -0.767. The van der Waals surface area contributed by atoms with Crippen molar-refractivity contribution >= 4 is 13.7 Å². The van der Waals surface area contributed by atoms with Crippen molar-refractivity contribution in [2.45, 2.75) is 257 Å². The lowest BCUT2D eigenvalue weighted by Crippen LogP contribution is -2.46. The first-order valence-electron chi connectivity index (χ1n) is 23.2. The first-order chi connectivity index (χ1) is 25.9. The van der Waals surface area contributed by atoms with Gasteiger partial charge in [-0.15, -0.1) is 0 Å². The van der Waals surface area contributed by atoms with Crippen LogP contribution in [-0.4, -0.2) is 47.8 Å². The fraction of sp³-hybridized carbons (Fsp3) is 0.977. The molecule has 0 aromatic rings. The van der Waals surface area contributed by atoms with E-state index in [-0.39, 0.29) is 25.7 Å². The second-order valence-corrected chi connectivity index (χ2v) is 17.4. The molecule has 5 N–H and O–H groups in total. The molecule has 0 spiro atoms. The van der Waals surface area contributed by atoms with Gasteiger partial charge in [0.15, 0.2) is 0 Å². The highest BCUT2D eigenvalue weighted by molar-refractivity contribution is 7.47. The Hall–Kier alpha value is -0.500. The van der Waals surface area contributed by atoms with Crippen LogP contribution in [0.25, 0.3) is 0 Å². The quantitative estimate of drug-likeness (QED) is 0.0358. The highest BCUT2D eigenvalue weighted by Crippen LogP contribution is 2.43. The molecule has 53 heavy (non-hydrogen) atoms. The van der Waals surface area contributed by atoms with Crippen LogP contribution in [0.5, 0.6) is 0 Å². The van der Waals surface area contributed by atoms with Gasteiger partial charge in [0.25, 0.3) is 0 Å². The maximum atomic E-state index is 12.8. The predicted octanol–water partition coefficient (Wildman–Crippen LogP) is 13.0. The average molecular weight is 775 g/mol. The fourth-order valence-corrected chi connectivity index (χ4v) is 7.96. The van der Waals surface area contributed by atoms with Crippen molar-refractivity contribution in [1.29, 1.82) is 0 Å². The zero-order valence-corrected chi connectivity index (χ0v) is 36.2. The molecular formula is C44H91N2O6P. The van der Waals surface area contributed by atoms with Crippen molar-refractivity contribution in [3.8, 4) is 0 Å². The predicted molar refractivity (Wildman–Crippen MR) is 226 cm³/mol. The highest BCUT2D eigenvalue weighted by Gasteiger charge is 2.27. The van der Waals surface area contributed by atoms with Crippen LogP contribution in [0.4, 0.5) is 0 Å². The van der Waals surface area contributed by atoms with Gasteiger partial charge in [0.2, 0.25) is 5.91 Å². The first-order valence-corrected chi connectivity index (χ1v) is 24.6. The Labute approximate surface area is 329 Å². The van der Waals surface area contributed by atoms with E-state index in [1.807, 2.05) is 0 Å². The minimum Gasteiger partial charge on any atom is -0.391 e. The molecule has 0 bridgehead atoms. The number of amides is 1. The van der Waals surface area contributed by atoms with Gasteiger partial charge in [-0.25, -0.2) is 4.57 Å². The van der Waals surface area contributed by atoms with Gasteiger partial charge in [-0.3, -0.25) is 13.8 Å². The molecule has 0 aromatic heterocycles. The molecule has 1 amide bonds. The normalized spacial score (nSPS) is 14.0. The van der Waals surface area contributed by atoms with Crippen LogP contribution < -0.4 is 11.1 Å². The monoisotopic (exact) mass is 775 g/mol. The summed E-state index contributed by atoms with van der Waals surface area (Å²) in [5.74, 6) is -0.157. The van der Waals surface area contributed by atoms with Crippen LogP contribution in [0.15, 0.2) is 0 Å². The molecule has 3 atom stereocenters. The summed E-state index contributed by atoms with van der Waals surface area (Å²) in [6.07, 6.45) is 44.1. The van der Waals surface area contributed by atoms with Gasteiger partial charge in [0.05, 0.1) is 25.4 Å². The lowest BCUT2D eigenvalue weighted by molar-refractivity contribution is -0.123. The van der Waals surface area contributed by atoms with E-state index in [4.69, 9.17) is 14.8 Å². The number of hydrogen-bond acceptors (Lipinski definition) is 6. The van der Waals surface area contributed by atoms with Crippen molar-refractivity contribution in [3.63, 3.8) is 0 Å². The molecule has 0 heterocycles. The second-order valence-electron chi connectivity index (χ2n) is 16.0. The number of phosphoric ester groups is 1. The molecule has 0 radical (unpaired) electrons. The zero-order valence-electron chi connectivity index (χ0n) is 35.3. The lowest BCUT2D eigenvalue weighted by Gasteiger charge is -2.25. The molecule has 0 rings (SSSR count). The van der Waals surface area contributed by atoms with Crippen molar-refractivity contribution in [1.82, 2.24) is 5.32 Å². The molecule has 0 fully saturated rings. The molecule has 318 valence electrons. The molecule has 0 aliphatic carbocycles. The molecular weight excluding hydrogens is 683 g/mol. The van der Waals surface area contributed by atoms with Gasteiger partial charge in [-0.2, -0.15) is 0 Å². The van der Waals surface area contributed by atoms with Crippen molar-refractivity contribution in [3.05, 3.63) is 0 Å². The Morgan fingerprint density at radius 1 is 0.547 bits per heavy atom. The van der Waals surface area contributed by atoms with Crippen molar-refractivity contribution < 1.29 is 28.4 Å². The van der Waals surface area contributed by atoms with E-state index in [1.54, 1.807) is 0 Å². The number of unbranched alkanes of at least 4 members (excludes halogenated alkanes) is 32. The van der Waals surface area contributed by atoms with Gasteiger partial charge < -0.3 is 21.1 Å². The minimum atomic E-state index is -4.31. The van der Waals surface area contributed by atoms with Crippen LogP contribution >= 0.6 is 7.82 Å². The van der Waals surface area contributed by atoms with E-state index in [1.165, 1.54) is 180 Å². The average Bonchev–Trinajstić information content (AvgIpc) is 3.14. The third kappa shape index (κ3) is 39.5. The number of nitrogens with two attached hydrogens (primary N) is 1. The fourth-order valence-electron chi connectivity index (χ4n) is 7.20. The molecule has 9 heteroatoms. The summed E-state index contributed by atoms with van der Waals surface area (Å²) >= 11 is 0. The van der Waals surface area contributed by atoms with E-state index in [9.17, 15) is 19.4 Å². The van der Waals surface area contributed by atoms with Crippen LogP contribution in [0, 0.1) is 0 Å². The third-order valence-corrected chi connectivity index (χ3v) is 11.7. The number of aliphatic hydroxyl groups is 1. The van der Waals surface area contributed by atoms with E-state index >= 15 is 0 Å². The summed E-state index contributed by atoms with van der Waals surface area (Å²) in [6.45, 7) is 4.23. The third-order valence-electron chi connectivity index (χ3n) is 10.7. The Morgan fingerprint density at radius 3 is 1.21 bits per heavy atom. The molecule has 0 aromatic carbocycles. The number of aliphatic hydroxyl groups excluding tert-OH is 1. The number of hydrogen-bond donors (Lipinski definition) is 4. The summed E-state index contributed by atoms with van der Waals surface area (Å²) in [5.41, 5.74) is 5.38. The maximum Gasteiger partial charge on any atom is 0.472 e. The zero-order chi connectivity index (χ0) is 38.9. The van der Waals surface area contributed by atoms with Crippen molar-refractivity contribution in [2.75, 3.05) is 19.8 Å². The van der Waals surface area contributed by atoms with E-state index < -0.39 is 20.0 Å². The van der Waals surface area contributed by atoms with E-state index in [2.05, 4.69) is 19.2 Å². The molecule has 1 unspecified atom stereocenters. The Kier molecular flexibility index (Phi) is 40.8. The maximum absolute atomic E-state index is 12.8. The van der Waals surface area contributed by atoms with Gasteiger partial charge in [-0.1, -0.05) is 226 Å². The lowest BCUT2D eigenvalue weighted by atomic mass is 10.0. The largest absolute Gasteiger partial charge is 0.472 e. The number of carbonyl (C=O) groups excluding carboxylic acids is 1. The van der Waals surface area contributed by atoms with E-state index in [0.29, 0.717) is 12.8 Å². The highest BCUT2D eigenvalue weighted by atomic mass is 31.2. The molecule has 0 saturated heterocycles. The Bertz CT molecular complexity index is 804. The summed E-state index contributed by atoms with van der Waals surface area (Å²) in [5, 5.41) is 13.8. The molecule has 8 nitrogen and oxygen atoms in total. The van der Waals surface area contributed by atoms with Gasteiger partial charge in [0.1, 0.15) is 0 Å². The number of carbonyl (C=O) groups is 1. The van der Waals surface area contributed by atoms with Crippen LogP contribution in [0.2, 0.25) is 0 Å². The molecule has 0 aliphatic rings. The summed E-state index contributed by atoms with van der Waals surface area (Å²) in [7, 11) is -4.31. The number of rotatable bonds is 44. The van der Waals surface area contributed by atoms with Gasteiger partial charge >= 0.3 is 7.82 Å². The molecule has 0 aliphatic heterocycles. The van der Waals surface area contributed by atoms with Gasteiger partial charge in [0, 0.05) is 13.0 Å². The SMILES string of the molecule is CCCCCCCCCCCCCCCCCCCCCCCCCC(=O)N[C@@H](COP(=O)(O)OCCN)[C@H](O)CCCCCCCCCCCCC. The molecule has 0 saturated carbocycles. The van der Waals surface area contributed by atoms with Gasteiger partial charge in [-0.05, 0) is 12.8 Å². The van der Waals surface area contributed by atoms with Crippen LogP contribution in [0.3, 0.4) is 0 Å². The first kappa shape index (κ1) is 52.5. The summed E-state index contributed by atoms with van der Waals surface area (Å²) < 4.78 is 22.2. The van der Waals surface area contributed by atoms with Crippen molar-refractivity contribution in [2.24, 2.45) is 5.73 Å². The Balaban J connectivity index is 3.96. The number of phosphoric acid groups is 1. The standard InChI is InChI=1S/C44H91N2O6P/c1-3-5-7-9-11-13-15-16-17-18-19-20-21-22-23-24-25-26-28-30-32-34-36-38-44(48)46-42(41-52-53(49,50)51-40-39-45)43(47)37-35-33-31-29-27-14-12-10-8-6-4-2/h42-43,47H,3-41,45H2,1-2H3,(H,46,48)(H,49,50)/t42-,43+/m0/s1. The topological polar surface area (TPSA) is 131 Å². The Morgan fingerprint density at radius 2 is 0.868 bits per heavy atom. The van der Waals surface area contributed by atoms with E-state index in [0.717, 1.165) is 38.5 Å². The second kappa shape index (κ2) is 41.1. The summed E-state index contributed by atoms with van der Waals surface area (Å²) in [4.78, 5) is 22.7. The smallest absolute Gasteiger partial charge is 0.391 e. The number of nitrogens with one attached hydrogen (secondary N) is 1. The minimum absolute atomic E-state index is 0.0924. The van der Waals surface area contributed by atoms with Crippen LogP contribution in [0.1, 0.15) is 245 Å².